The van der Waals surface area contributed by atoms with Crippen molar-refractivity contribution in [3.05, 3.63) is 48.6 Å². The van der Waals surface area contributed by atoms with Gasteiger partial charge in [-0.1, -0.05) is 319 Å². The van der Waals surface area contributed by atoms with Crippen LogP contribution in [0.25, 0.3) is 0 Å². The second-order valence-electron chi connectivity index (χ2n) is 23.5. The third kappa shape index (κ3) is 62.9. The summed E-state index contributed by atoms with van der Waals surface area (Å²) in [4.78, 5) is 24.5. The maximum atomic E-state index is 12.4. The number of nitrogens with one attached hydrogen (secondary N) is 1. The maximum Gasteiger partial charge on any atom is 0.305 e. The first-order chi connectivity index (χ1) is 38.0. The Morgan fingerprint density at radius 3 is 1.04 bits per heavy atom. The molecule has 0 aromatic rings. The number of esters is 1. The number of unbranched alkanes of at least 4 members (excludes halogenated alkanes) is 47. The predicted molar refractivity (Wildman–Crippen MR) is 338 cm³/mol. The Balaban J connectivity index is 3.32. The monoisotopic (exact) mass is 1080 g/mol. The Labute approximate surface area is 480 Å². The van der Waals surface area contributed by atoms with Crippen molar-refractivity contribution in [1.82, 2.24) is 5.32 Å². The van der Waals surface area contributed by atoms with Gasteiger partial charge >= 0.3 is 5.97 Å². The minimum Gasteiger partial charge on any atom is -0.466 e. The number of allylic oxidation sites excluding steroid dienone is 7. The van der Waals surface area contributed by atoms with Crippen LogP contribution in [0.4, 0.5) is 0 Å². The molecule has 0 spiro atoms. The van der Waals surface area contributed by atoms with E-state index < -0.39 is 12.1 Å². The van der Waals surface area contributed by atoms with Crippen molar-refractivity contribution in [3.63, 3.8) is 0 Å². The van der Waals surface area contributed by atoms with E-state index in [0.29, 0.717) is 19.4 Å². The molecule has 0 rings (SSSR count). The fourth-order valence-electron chi connectivity index (χ4n) is 10.5. The van der Waals surface area contributed by atoms with E-state index in [2.05, 4.69) is 55.6 Å². The van der Waals surface area contributed by atoms with Crippen LogP contribution < -0.4 is 5.32 Å². The summed E-state index contributed by atoms with van der Waals surface area (Å²) < 4.78 is 5.48. The third-order valence-corrected chi connectivity index (χ3v) is 15.8. The number of hydrogen-bond acceptors (Lipinski definition) is 5. The Bertz CT molecular complexity index is 1290. The van der Waals surface area contributed by atoms with Crippen molar-refractivity contribution >= 4 is 11.9 Å². The normalized spacial score (nSPS) is 12.8. The molecular weight excluding hydrogens is 947 g/mol. The highest BCUT2D eigenvalue weighted by atomic mass is 16.5. The largest absolute Gasteiger partial charge is 0.466 e. The predicted octanol–water partition coefficient (Wildman–Crippen LogP) is 22.1. The van der Waals surface area contributed by atoms with Gasteiger partial charge in [-0.25, -0.2) is 0 Å². The number of aliphatic hydroxyl groups is 2. The zero-order valence-electron chi connectivity index (χ0n) is 51.7. The van der Waals surface area contributed by atoms with Crippen LogP contribution in [0.15, 0.2) is 48.6 Å². The minimum absolute atomic E-state index is 0.00635. The zero-order chi connectivity index (χ0) is 55.7. The molecule has 452 valence electrons. The maximum absolute atomic E-state index is 12.4. The van der Waals surface area contributed by atoms with Crippen LogP contribution >= 0.6 is 0 Å². The Morgan fingerprint density at radius 1 is 0.364 bits per heavy atom. The molecule has 0 heterocycles. The molecule has 0 radical (unpaired) electrons. The standard InChI is InChI=1S/C71H133NO5/c1-3-5-7-9-11-13-14-15-42-45-49-53-57-61-65-71(76)77-66-62-58-54-50-46-43-40-38-36-34-32-30-28-26-24-22-20-18-16-17-19-21-23-25-27-29-31-33-35-37-39-41-44-48-52-56-60-64-70(75)72-68(67-73)69(74)63-59-55-51-47-12-10-8-6-4-2/h9,11,14-16,18,59,63,68-69,73-74H,3-8,10,12-13,17,19-58,60-62,64-67H2,1-2H3,(H,72,75)/b11-9-,15-14-,18-16-,63-59+. The first-order valence-corrected chi connectivity index (χ1v) is 34.4. The molecule has 6 nitrogen and oxygen atoms in total. The van der Waals surface area contributed by atoms with E-state index in [0.717, 1.165) is 51.4 Å². The van der Waals surface area contributed by atoms with Crippen LogP contribution in [0.5, 0.6) is 0 Å². The van der Waals surface area contributed by atoms with Crippen LogP contribution in [0, 0.1) is 0 Å². The van der Waals surface area contributed by atoms with Gasteiger partial charge in [-0.3, -0.25) is 9.59 Å². The molecule has 77 heavy (non-hydrogen) atoms. The van der Waals surface area contributed by atoms with E-state index in [1.54, 1.807) is 6.08 Å². The Hall–Kier alpha value is -2.18. The van der Waals surface area contributed by atoms with E-state index in [-0.39, 0.29) is 18.5 Å². The highest BCUT2D eigenvalue weighted by Gasteiger charge is 2.18. The van der Waals surface area contributed by atoms with Crippen molar-refractivity contribution in [2.24, 2.45) is 0 Å². The fraction of sp³-hybridized carbons (Fsp3) is 0.859. The summed E-state index contributed by atoms with van der Waals surface area (Å²) in [5.41, 5.74) is 0. The van der Waals surface area contributed by atoms with Gasteiger partial charge in [-0.05, 0) is 83.5 Å². The van der Waals surface area contributed by atoms with Crippen LogP contribution in [-0.4, -0.2) is 47.4 Å². The lowest BCUT2D eigenvalue weighted by atomic mass is 10.0. The quantitative estimate of drug-likeness (QED) is 0.0320. The van der Waals surface area contributed by atoms with Crippen LogP contribution in [0.1, 0.15) is 367 Å². The van der Waals surface area contributed by atoms with Crippen molar-refractivity contribution < 1.29 is 24.5 Å². The number of carbonyl (C=O) groups excluding carboxylic acids is 2. The first kappa shape index (κ1) is 74.8. The van der Waals surface area contributed by atoms with Crippen molar-refractivity contribution in [2.45, 2.75) is 379 Å². The molecule has 0 aliphatic rings. The molecule has 0 aliphatic carbocycles. The number of aliphatic hydroxyl groups excluding tert-OH is 2. The molecule has 0 bridgehead atoms. The molecule has 2 atom stereocenters. The van der Waals surface area contributed by atoms with Crippen molar-refractivity contribution in [1.29, 1.82) is 0 Å². The summed E-state index contributed by atoms with van der Waals surface area (Å²) in [7, 11) is 0. The minimum atomic E-state index is -0.839. The number of hydrogen-bond donors (Lipinski definition) is 3. The molecule has 0 aromatic heterocycles. The van der Waals surface area contributed by atoms with E-state index in [9.17, 15) is 19.8 Å². The average Bonchev–Trinajstić information content (AvgIpc) is 3.43. The molecule has 0 aromatic carbocycles. The number of rotatable bonds is 64. The van der Waals surface area contributed by atoms with Crippen LogP contribution in [0.3, 0.4) is 0 Å². The van der Waals surface area contributed by atoms with Gasteiger partial charge in [-0.2, -0.15) is 0 Å². The fourth-order valence-corrected chi connectivity index (χ4v) is 10.5. The highest BCUT2D eigenvalue weighted by Crippen LogP contribution is 2.18. The second kappa shape index (κ2) is 66.3. The summed E-state index contributed by atoms with van der Waals surface area (Å²) >= 11 is 0. The lowest BCUT2D eigenvalue weighted by Gasteiger charge is -2.20. The van der Waals surface area contributed by atoms with Gasteiger partial charge in [0, 0.05) is 12.8 Å². The number of amides is 1. The van der Waals surface area contributed by atoms with Gasteiger partial charge in [0.05, 0.1) is 25.4 Å². The molecule has 0 fully saturated rings. The SMILES string of the molecule is CCCC/C=C\C/C=C\CCCCCCCC(=O)OCCCCCCCCCCCCCCCCCC/C=C\CCCCCCCCCCCCCCCCCCCC(=O)NC(CO)C(O)/C=C/CCCCCCCCC. The second-order valence-corrected chi connectivity index (χ2v) is 23.5. The molecule has 3 N–H and O–H groups in total. The first-order valence-electron chi connectivity index (χ1n) is 34.4. The highest BCUT2D eigenvalue weighted by molar-refractivity contribution is 5.76. The smallest absolute Gasteiger partial charge is 0.305 e. The summed E-state index contributed by atoms with van der Waals surface area (Å²) in [5, 5.41) is 23.0. The molecule has 0 aliphatic heterocycles. The summed E-state index contributed by atoms with van der Waals surface area (Å²) in [6.45, 7) is 4.85. The average molecular weight is 1080 g/mol. The van der Waals surface area contributed by atoms with E-state index >= 15 is 0 Å². The van der Waals surface area contributed by atoms with Crippen LogP contribution in [0.2, 0.25) is 0 Å². The van der Waals surface area contributed by atoms with E-state index in [1.807, 2.05) is 6.08 Å². The summed E-state index contributed by atoms with van der Waals surface area (Å²) in [6.07, 6.45) is 86.4. The lowest BCUT2D eigenvalue weighted by Crippen LogP contribution is -2.45. The lowest BCUT2D eigenvalue weighted by molar-refractivity contribution is -0.143. The van der Waals surface area contributed by atoms with Gasteiger partial charge in [0.15, 0.2) is 0 Å². The topological polar surface area (TPSA) is 95.9 Å². The molecule has 2 unspecified atom stereocenters. The van der Waals surface area contributed by atoms with Gasteiger partial charge in [0.2, 0.25) is 5.91 Å². The Kier molecular flexibility index (Phi) is 64.5. The van der Waals surface area contributed by atoms with Gasteiger partial charge in [0.25, 0.3) is 0 Å². The van der Waals surface area contributed by atoms with Gasteiger partial charge < -0.3 is 20.3 Å². The van der Waals surface area contributed by atoms with E-state index in [4.69, 9.17) is 4.74 Å². The zero-order valence-corrected chi connectivity index (χ0v) is 51.7. The molecule has 0 saturated carbocycles. The Morgan fingerprint density at radius 2 is 0.662 bits per heavy atom. The van der Waals surface area contributed by atoms with E-state index in [1.165, 1.54) is 289 Å². The molecule has 0 saturated heterocycles. The summed E-state index contributed by atoms with van der Waals surface area (Å²) in [6, 6.07) is -0.623. The third-order valence-electron chi connectivity index (χ3n) is 15.8. The summed E-state index contributed by atoms with van der Waals surface area (Å²) in [5.74, 6) is -0.0596. The number of ether oxygens (including phenoxy) is 1. The van der Waals surface area contributed by atoms with Crippen molar-refractivity contribution in [2.75, 3.05) is 13.2 Å². The van der Waals surface area contributed by atoms with Crippen LogP contribution in [-0.2, 0) is 14.3 Å². The van der Waals surface area contributed by atoms with Crippen molar-refractivity contribution in [3.8, 4) is 0 Å². The molecule has 1 amide bonds. The van der Waals surface area contributed by atoms with Gasteiger partial charge in [-0.15, -0.1) is 0 Å². The molecule has 6 heteroatoms. The molecular formula is C71H133NO5. The number of carbonyl (C=O) groups is 2. The van der Waals surface area contributed by atoms with Gasteiger partial charge in [0.1, 0.15) is 0 Å².